The highest BCUT2D eigenvalue weighted by atomic mass is 79.9. The Morgan fingerprint density at radius 2 is 1.87 bits per heavy atom. The second-order valence-corrected chi connectivity index (χ2v) is 4.04. The van der Waals surface area contributed by atoms with Crippen LogP contribution in [0.4, 0.5) is 4.39 Å². The molecule has 0 aliphatic carbocycles. The third-order valence-corrected chi connectivity index (χ3v) is 2.51. The number of rotatable bonds is 4. The molecule has 1 aromatic carbocycles. The molecule has 0 heterocycles. The molecule has 5 heteroatoms. The number of hydrogen-bond donors (Lipinski definition) is 1. The zero-order valence-corrected chi connectivity index (χ0v) is 9.20. The lowest BCUT2D eigenvalue weighted by Crippen LogP contribution is -2.18. The van der Waals surface area contributed by atoms with E-state index >= 15 is 0 Å². The van der Waals surface area contributed by atoms with Gasteiger partial charge in [-0.25, -0.2) is 4.39 Å². The van der Waals surface area contributed by atoms with Gasteiger partial charge >= 0.3 is 5.97 Å². The molecule has 0 saturated carbocycles. The Bertz CT molecular complexity index is 375. The third-order valence-electron chi connectivity index (χ3n) is 1.77. The highest BCUT2D eigenvalue weighted by molar-refractivity contribution is 9.10. The number of halogens is 2. The first-order valence-electron chi connectivity index (χ1n) is 4.16. The number of carbonyl (C=O) groups excluding carboxylic acids is 1. The van der Waals surface area contributed by atoms with Gasteiger partial charge < -0.3 is 5.11 Å². The molecule has 3 nitrogen and oxygen atoms in total. The van der Waals surface area contributed by atoms with E-state index in [2.05, 4.69) is 15.9 Å². The predicted molar refractivity (Wildman–Crippen MR) is 55.7 cm³/mol. The number of aliphatic carboxylic acids is 1. The Balaban J connectivity index is 2.76. The topological polar surface area (TPSA) is 54.4 Å². The van der Waals surface area contributed by atoms with Crippen molar-refractivity contribution in [3.63, 3.8) is 0 Å². The Labute approximate surface area is 94.0 Å². The highest BCUT2D eigenvalue weighted by Crippen LogP contribution is 2.14. The summed E-state index contributed by atoms with van der Waals surface area (Å²) in [7, 11) is 0. The van der Waals surface area contributed by atoms with Crippen molar-refractivity contribution in [3.05, 3.63) is 35.6 Å². The average Bonchev–Trinajstić information content (AvgIpc) is 2.17. The number of benzene rings is 1. The number of hydrogen-bond acceptors (Lipinski definition) is 2. The lowest BCUT2D eigenvalue weighted by Gasteiger charge is -2.05. The molecule has 0 unspecified atom stereocenters. The zero-order chi connectivity index (χ0) is 11.4. The second-order valence-electron chi connectivity index (χ2n) is 2.94. The van der Waals surface area contributed by atoms with Gasteiger partial charge in [-0.15, -0.1) is 0 Å². The summed E-state index contributed by atoms with van der Waals surface area (Å²) >= 11 is 2.97. The van der Waals surface area contributed by atoms with E-state index in [1.807, 2.05) is 0 Å². The SMILES string of the molecule is O=C(O)C[C@H](Br)C(=O)c1ccc(F)cc1. The zero-order valence-electron chi connectivity index (χ0n) is 7.61. The van der Waals surface area contributed by atoms with Gasteiger partial charge in [0.25, 0.3) is 0 Å². The summed E-state index contributed by atoms with van der Waals surface area (Å²) in [6.07, 6.45) is -0.295. The van der Waals surface area contributed by atoms with E-state index in [1.165, 1.54) is 12.1 Å². The summed E-state index contributed by atoms with van der Waals surface area (Å²) in [5.74, 6) is -1.86. The molecule has 15 heavy (non-hydrogen) atoms. The van der Waals surface area contributed by atoms with Crippen LogP contribution in [0.15, 0.2) is 24.3 Å². The standard InChI is InChI=1S/C10H8BrFO3/c11-8(5-9(13)14)10(15)6-1-3-7(12)4-2-6/h1-4,8H,5H2,(H,13,14)/t8-/m0/s1. The van der Waals surface area contributed by atoms with Crippen LogP contribution in [0.2, 0.25) is 0 Å². The average molecular weight is 275 g/mol. The molecule has 0 amide bonds. The number of carbonyl (C=O) groups is 2. The summed E-state index contributed by atoms with van der Waals surface area (Å²) < 4.78 is 12.5. The van der Waals surface area contributed by atoms with Crippen LogP contribution in [0.25, 0.3) is 0 Å². The molecule has 0 spiro atoms. The molecular formula is C10H8BrFO3. The molecule has 0 bridgehead atoms. The first-order valence-corrected chi connectivity index (χ1v) is 5.08. The highest BCUT2D eigenvalue weighted by Gasteiger charge is 2.19. The second kappa shape index (κ2) is 5.02. The third kappa shape index (κ3) is 3.43. The maximum Gasteiger partial charge on any atom is 0.304 e. The van der Waals surface area contributed by atoms with E-state index in [4.69, 9.17) is 5.11 Å². The first-order chi connectivity index (χ1) is 7.00. The summed E-state index contributed by atoms with van der Waals surface area (Å²) in [5.41, 5.74) is 0.291. The smallest absolute Gasteiger partial charge is 0.304 e. The minimum Gasteiger partial charge on any atom is -0.481 e. The van der Waals surface area contributed by atoms with Crippen LogP contribution < -0.4 is 0 Å². The van der Waals surface area contributed by atoms with Crippen molar-refractivity contribution < 1.29 is 19.1 Å². The van der Waals surface area contributed by atoms with Crippen LogP contribution in [-0.2, 0) is 4.79 Å². The van der Waals surface area contributed by atoms with Gasteiger partial charge in [-0.1, -0.05) is 15.9 Å². The van der Waals surface area contributed by atoms with Crippen molar-refractivity contribution in [1.29, 1.82) is 0 Å². The molecular weight excluding hydrogens is 267 g/mol. The number of ketones is 1. The van der Waals surface area contributed by atoms with Crippen LogP contribution in [0, 0.1) is 5.82 Å². The minimum atomic E-state index is -1.06. The molecule has 1 atom stereocenters. The maximum atomic E-state index is 12.5. The molecule has 1 aromatic rings. The molecule has 1 N–H and O–H groups in total. The van der Waals surface area contributed by atoms with E-state index in [1.54, 1.807) is 0 Å². The van der Waals surface area contributed by atoms with Gasteiger partial charge in [0.05, 0.1) is 11.2 Å². The lowest BCUT2D eigenvalue weighted by atomic mass is 10.1. The fourth-order valence-corrected chi connectivity index (χ4v) is 1.58. The van der Waals surface area contributed by atoms with Crippen molar-refractivity contribution in [3.8, 4) is 0 Å². The molecule has 0 aliphatic heterocycles. The minimum absolute atomic E-state index is 0.291. The van der Waals surface area contributed by atoms with Crippen LogP contribution in [0.3, 0.4) is 0 Å². The van der Waals surface area contributed by atoms with E-state index in [9.17, 15) is 14.0 Å². The van der Waals surface area contributed by atoms with Gasteiger partial charge in [-0.05, 0) is 24.3 Å². The van der Waals surface area contributed by atoms with E-state index in [0.717, 1.165) is 12.1 Å². The maximum absolute atomic E-state index is 12.5. The predicted octanol–water partition coefficient (Wildman–Crippen LogP) is 2.25. The summed E-state index contributed by atoms with van der Waals surface area (Å²) in [4.78, 5) is 21.1. The van der Waals surface area contributed by atoms with Crippen molar-refractivity contribution >= 4 is 27.7 Å². The number of alkyl halides is 1. The van der Waals surface area contributed by atoms with E-state index in [-0.39, 0.29) is 12.2 Å². The molecule has 80 valence electrons. The van der Waals surface area contributed by atoms with Crippen LogP contribution in [-0.4, -0.2) is 21.7 Å². The summed E-state index contributed by atoms with van der Waals surface area (Å²) in [5, 5.41) is 8.48. The molecule has 0 aliphatic rings. The van der Waals surface area contributed by atoms with Crippen LogP contribution >= 0.6 is 15.9 Å². The Morgan fingerprint density at radius 3 is 2.33 bits per heavy atom. The fourth-order valence-electron chi connectivity index (χ4n) is 1.04. The Kier molecular flexibility index (Phi) is 3.96. The summed E-state index contributed by atoms with van der Waals surface area (Å²) in [6, 6.07) is 4.98. The van der Waals surface area contributed by atoms with Crippen LogP contribution in [0.5, 0.6) is 0 Å². The van der Waals surface area contributed by atoms with E-state index in [0.29, 0.717) is 5.56 Å². The molecule has 0 aromatic heterocycles. The lowest BCUT2D eigenvalue weighted by molar-refractivity contribution is -0.136. The largest absolute Gasteiger partial charge is 0.481 e. The van der Waals surface area contributed by atoms with Crippen molar-refractivity contribution in [2.24, 2.45) is 0 Å². The van der Waals surface area contributed by atoms with Gasteiger partial charge in [0.1, 0.15) is 5.82 Å². The van der Waals surface area contributed by atoms with Crippen molar-refractivity contribution in [2.75, 3.05) is 0 Å². The van der Waals surface area contributed by atoms with Gasteiger partial charge in [0.15, 0.2) is 5.78 Å². The van der Waals surface area contributed by atoms with Crippen molar-refractivity contribution in [2.45, 2.75) is 11.2 Å². The number of Topliss-reactive ketones (excluding diaryl/α,β-unsaturated/α-hetero) is 1. The van der Waals surface area contributed by atoms with Gasteiger partial charge in [-0.2, -0.15) is 0 Å². The van der Waals surface area contributed by atoms with Crippen LogP contribution in [0.1, 0.15) is 16.8 Å². The number of carboxylic acids is 1. The van der Waals surface area contributed by atoms with Gasteiger partial charge in [0, 0.05) is 5.56 Å². The molecule has 0 saturated heterocycles. The van der Waals surface area contributed by atoms with Gasteiger partial charge in [0.2, 0.25) is 0 Å². The summed E-state index contributed by atoms with van der Waals surface area (Å²) in [6.45, 7) is 0. The normalized spacial score (nSPS) is 12.1. The molecule has 0 fully saturated rings. The quantitative estimate of drug-likeness (QED) is 0.677. The molecule has 1 rings (SSSR count). The van der Waals surface area contributed by atoms with Crippen molar-refractivity contribution in [1.82, 2.24) is 0 Å². The van der Waals surface area contributed by atoms with E-state index < -0.39 is 16.6 Å². The molecule has 0 radical (unpaired) electrons. The van der Waals surface area contributed by atoms with Gasteiger partial charge in [-0.3, -0.25) is 9.59 Å². The Hall–Kier alpha value is -1.23. The number of carboxylic acid groups (broad SMARTS) is 1. The first kappa shape index (κ1) is 11.8. The Morgan fingerprint density at radius 1 is 1.33 bits per heavy atom. The monoisotopic (exact) mass is 274 g/mol. The fraction of sp³-hybridized carbons (Fsp3) is 0.200.